The lowest BCUT2D eigenvalue weighted by atomic mass is 9.82. The second-order valence-electron chi connectivity index (χ2n) is 17.5. The summed E-state index contributed by atoms with van der Waals surface area (Å²) in [5.74, 6) is 1.82. The first kappa shape index (κ1) is 37.6. The Morgan fingerprint density at radius 3 is 1.82 bits per heavy atom. The molecular weight excluding hydrogens is 811 g/mol. The average molecular weight is 850 g/mol. The van der Waals surface area contributed by atoms with Crippen LogP contribution in [0.1, 0.15) is 25.0 Å². The van der Waals surface area contributed by atoms with Crippen molar-refractivity contribution in [3.05, 3.63) is 211 Å². The first-order valence-corrected chi connectivity index (χ1v) is 22.9. The Hall–Kier alpha value is -7.99. The van der Waals surface area contributed by atoms with Crippen molar-refractivity contribution in [2.45, 2.75) is 19.3 Å². The Balaban J connectivity index is 0.971. The van der Waals surface area contributed by atoms with E-state index in [0.717, 1.165) is 60.9 Å². The molecule has 0 radical (unpaired) electrons. The van der Waals surface area contributed by atoms with E-state index in [1.165, 1.54) is 53.6 Å². The summed E-state index contributed by atoms with van der Waals surface area (Å²) in [5, 5.41) is 4.41. The maximum absolute atomic E-state index is 6.61. The molecule has 0 N–H and O–H groups in total. The molecular formula is C60H39N3OS. The van der Waals surface area contributed by atoms with Gasteiger partial charge in [0, 0.05) is 53.1 Å². The number of benzene rings is 9. The number of fused-ring (bicyclic) bond motifs is 9. The van der Waals surface area contributed by atoms with Crippen molar-refractivity contribution >= 4 is 53.4 Å². The van der Waals surface area contributed by atoms with Gasteiger partial charge in [-0.05, 0) is 110 Å². The van der Waals surface area contributed by atoms with Gasteiger partial charge in [0.15, 0.2) is 17.5 Å². The highest BCUT2D eigenvalue weighted by Gasteiger charge is 2.36. The van der Waals surface area contributed by atoms with E-state index >= 15 is 0 Å². The van der Waals surface area contributed by atoms with Crippen LogP contribution in [0.25, 0.3) is 121 Å². The quantitative estimate of drug-likeness (QED) is 0.167. The summed E-state index contributed by atoms with van der Waals surface area (Å²) in [7, 11) is 0. The van der Waals surface area contributed by atoms with E-state index in [4.69, 9.17) is 19.4 Å². The van der Waals surface area contributed by atoms with Crippen molar-refractivity contribution in [3.8, 4) is 78.7 Å². The van der Waals surface area contributed by atoms with Gasteiger partial charge >= 0.3 is 0 Å². The molecule has 0 spiro atoms. The molecule has 9 aromatic carbocycles. The molecule has 65 heavy (non-hydrogen) atoms. The molecule has 0 bridgehead atoms. The fourth-order valence-corrected chi connectivity index (χ4v) is 11.2. The van der Waals surface area contributed by atoms with Crippen LogP contribution in [0.2, 0.25) is 0 Å². The second-order valence-corrected chi connectivity index (χ2v) is 18.6. The van der Waals surface area contributed by atoms with Crippen LogP contribution in [0, 0.1) is 0 Å². The van der Waals surface area contributed by atoms with Crippen LogP contribution in [0.3, 0.4) is 0 Å². The highest BCUT2D eigenvalue weighted by atomic mass is 32.1. The third-order valence-electron chi connectivity index (χ3n) is 13.3. The van der Waals surface area contributed by atoms with E-state index < -0.39 is 0 Å². The maximum Gasteiger partial charge on any atom is 0.164 e. The van der Waals surface area contributed by atoms with E-state index in [0.29, 0.717) is 17.5 Å². The third-order valence-corrected chi connectivity index (χ3v) is 14.5. The molecule has 0 aliphatic heterocycles. The minimum Gasteiger partial charge on any atom is -0.456 e. The molecule has 3 heterocycles. The van der Waals surface area contributed by atoms with Gasteiger partial charge in [0.05, 0.1) is 0 Å². The monoisotopic (exact) mass is 849 g/mol. The van der Waals surface area contributed by atoms with Crippen molar-refractivity contribution in [3.63, 3.8) is 0 Å². The van der Waals surface area contributed by atoms with Crippen molar-refractivity contribution in [1.29, 1.82) is 0 Å². The number of hydrogen-bond donors (Lipinski definition) is 0. The summed E-state index contributed by atoms with van der Waals surface area (Å²) in [6.07, 6.45) is 0. The summed E-state index contributed by atoms with van der Waals surface area (Å²) in [6, 6.07) is 71.4. The van der Waals surface area contributed by atoms with E-state index in [-0.39, 0.29) is 5.41 Å². The Labute approximate surface area is 380 Å². The van der Waals surface area contributed by atoms with Crippen LogP contribution < -0.4 is 0 Å². The number of nitrogens with zero attached hydrogens (tertiary/aromatic N) is 3. The lowest BCUT2D eigenvalue weighted by molar-refractivity contribution is 0.660. The second kappa shape index (κ2) is 14.5. The fraction of sp³-hybridized carbons (Fsp3) is 0.0500. The standard InChI is InChI=1S/C60H39N3OS/c1-60(2)49-24-8-6-21-45(49)55-43(22-12-25-50(55)60)40-18-10-17-38(32-40)39-28-30-51-48(34-39)56-46(23-13-26-52(56)64-51)59-62-57(41-19-11-16-37(33-41)36-14-4-3-5-15-36)61-58(63-59)42-29-31-54-47(35-42)44-20-7-9-27-53(44)65-54/h3-35H,1-2H3. The molecule has 306 valence electrons. The summed E-state index contributed by atoms with van der Waals surface area (Å²) < 4.78 is 9.10. The number of aromatic nitrogens is 3. The molecule has 0 fully saturated rings. The molecule has 0 atom stereocenters. The van der Waals surface area contributed by atoms with E-state index in [9.17, 15) is 0 Å². The number of hydrogen-bond acceptors (Lipinski definition) is 5. The zero-order valence-corrected chi connectivity index (χ0v) is 36.5. The number of rotatable bonds is 6. The van der Waals surface area contributed by atoms with Gasteiger partial charge in [-0.1, -0.05) is 159 Å². The summed E-state index contributed by atoms with van der Waals surface area (Å²) in [6.45, 7) is 4.67. The Bertz CT molecular complexity index is 3880. The van der Waals surface area contributed by atoms with Gasteiger partial charge in [0.25, 0.3) is 0 Å². The van der Waals surface area contributed by atoms with Crippen LogP contribution in [-0.4, -0.2) is 15.0 Å². The van der Waals surface area contributed by atoms with Crippen molar-refractivity contribution in [2.75, 3.05) is 0 Å². The molecule has 13 rings (SSSR count). The van der Waals surface area contributed by atoms with Crippen LogP contribution >= 0.6 is 11.3 Å². The Morgan fingerprint density at radius 1 is 0.369 bits per heavy atom. The predicted octanol–water partition coefficient (Wildman–Crippen LogP) is 16.4. The fourth-order valence-electron chi connectivity index (χ4n) is 10.1. The van der Waals surface area contributed by atoms with Crippen molar-refractivity contribution in [2.24, 2.45) is 0 Å². The van der Waals surface area contributed by atoms with Crippen molar-refractivity contribution < 1.29 is 4.42 Å². The topological polar surface area (TPSA) is 51.8 Å². The van der Waals surface area contributed by atoms with Gasteiger partial charge in [-0.15, -0.1) is 11.3 Å². The Morgan fingerprint density at radius 2 is 0.938 bits per heavy atom. The van der Waals surface area contributed by atoms with E-state index in [1.807, 2.05) is 18.2 Å². The van der Waals surface area contributed by atoms with Crippen LogP contribution in [0.5, 0.6) is 0 Å². The molecule has 0 amide bonds. The van der Waals surface area contributed by atoms with Gasteiger partial charge in [0.2, 0.25) is 0 Å². The van der Waals surface area contributed by atoms with Gasteiger partial charge in [-0.25, -0.2) is 15.0 Å². The van der Waals surface area contributed by atoms with Crippen LogP contribution in [0.4, 0.5) is 0 Å². The van der Waals surface area contributed by atoms with Gasteiger partial charge in [-0.3, -0.25) is 0 Å². The SMILES string of the molecule is CC1(C)c2ccccc2-c2c(-c3cccc(-c4ccc5oc6cccc(-c7nc(-c8cccc(-c9ccccc9)c8)nc(-c8ccc9sc%10ccccc%10c9c8)n7)c6c5c4)c3)cccc21. The first-order chi connectivity index (χ1) is 31.9. The van der Waals surface area contributed by atoms with Crippen LogP contribution in [0.15, 0.2) is 205 Å². The minimum atomic E-state index is -0.0661. The molecule has 0 saturated carbocycles. The molecule has 5 heteroatoms. The molecule has 1 aliphatic carbocycles. The molecule has 0 saturated heterocycles. The smallest absolute Gasteiger partial charge is 0.164 e. The minimum absolute atomic E-state index is 0.0661. The average Bonchev–Trinajstić information content (AvgIpc) is 4.01. The zero-order valence-electron chi connectivity index (χ0n) is 35.7. The van der Waals surface area contributed by atoms with E-state index in [1.54, 1.807) is 11.3 Å². The van der Waals surface area contributed by atoms with Crippen LogP contribution in [-0.2, 0) is 5.41 Å². The lowest BCUT2D eigenvalue weighted by Crippen LogP contribution is -2.14. The molecule has 4 nitrogen and oxygen atoms in total. The highest BCUT2D eigenvalue weighted by molar-refractivity contribution is 7.25. The van der Waals surface area contributed by atoms with Gasteiger partial charge in [-0.2, -0.15) is 0 Å². The lowest BCUT2D eigenvalue weighted by Gasteiger charge is -2.21. The molecule has 1 aliphatic rings. The summed E-state index contributed by atoms with van der Waals surface area (Å²) >= 11 is 1.81. The molecule has 12 aromatic rings. The summed E-state index contributed by atoms with van der Waals surface area (Å²) in [4.78, 5) is 15.8. The number of thiophene rings is 1. The largest absolute Gasteiger partial charge is 0.456 e. The predicted molar refractivity (Wildman–Crippen MR) is 270 cm³/mol. The zero-order chi connectivity index (χ0) is 43.2. The number of furan rings is 1. The summed E-state index contributed by atoms with van der Waals surface area (Å²) in [5.41, 5.74) is 16.6. The molecule has 3 aromatic heterocycles. The first-order valence-electron chi connectivity index (χ1n) is 22.1. The molecule has 0 unspecified atom stereocenters. The third kappa shape index (κ3) is 6.07. The van der Waals surface area contributed by atoms with Crippen molar-refractivity contribution in [1.82, 2.24) is 15.0 Å². The normalized spacial score (nSPS) is 12.9. The highest BCUT2D eigenvalue weighted by Crippen LogP contribution is 2.52. The van der Waals surface area contributed by atoms with Gasteiger partial charge in [0.1, 0.15) is 11.2 Å². The van der Waals surface area contributed by atoms with E-state index in [2.05, 4.69) is 196 Å². The maximum atomic E-state index is 6.61. The Kier molecular flexibility index (Phi) is 8.39. The van der Waals surface area contributed by atoms with Gasteiger partial charge < -0.3 is 4.42 Å².